The van der Waals surface area contributed by atoms with Gasteiger partial charge in [-0.2, -0.15) is 0 Å². The maximum atomic E-state index is 14.4. The molecule has 1 aromatic carbocycles. The molecular formula is C16H21FO3S. The van der Waals surface area contributed by atoms with Crippen LogP contribution in [0.4, 0.5) is 4.39 Å². The van der Waals surface area contributed by atoms with Gasteiger partial charge in [0, 0.05) is 32.9 Å². The Kier molecular flexibility index (Phi) is 4.06. The second-order valence-electron chi connectivity index (χ2n) is 6.02. The molecule has 3 nitrogen and oxygen atoms in total. The molecule has 0 aliphatic carbocycles. The Morgan fingerprint density at radius 2 is 2.05 bits per heavy atom. The molecule has 2 saturated heterocycles. The average molecular weight is 312 g/mol. The lowest BCUT2D eigenvalue weighted by molar-refractivity contribution is 0.00331. The number of benzene rings is 1. The summed E-state index contributed by atoms with van der Waals surface area (Å²) >= 11 is 0. The van der Waals surface area contributed by atoms with Crippen LogP contribution in [0.2, 0.25) is 0 Å². The molecule has 0 radical (unpaired) electrons. The fourth-order valence-corrected chi connectivity index (χ4v) is 5.85. The molecule has 1 aromatic rings. The van der Waals surface area contributed by atoms with Gasteiger partial charge >= 0.3 is 0 Å². The lowest BCUT2D eigenvalue weighted by Gasteiger charge is -2.43. The number of fused-ring (bicyclic) bond motifs is 2. The molecule has 3 rings (SSSR count). The lowest BCUT2D eigenvalue weighted by atomic mass is 9.80. The molecule has 2 atom stereocenters. The van der Waals surface area contributed by atoms with Gasteiger partial charge in [0.2, 0.25) is 0 Å². The molecule has 5 heteroatoms. The molecule has 1 N–H and O–H groups in total. The molecule has 0 saturated carbocycles. The number of halogens is 1. The first-order chi connectivity index (χ1) is 10.0. The summed E-state index contributed by atoms with van der Waals surface area (Å²) in [6, 6.07) is 4.64. The van der Waals surface area contributed by atoms with E-state index in [0.29, 0.717) is 30.8 Å². The van der Waals surface area contributed by atoms with E-state index in [2.05, 4.69) is 0 Å². The van der Waals surface area contributed by atoms with Crippen molar-refractivity contribution in [3.63, 3.8) is 0 Å². The first kappa shape index (κ1) is 15.0. The smallest absolute Gasteiger partial charge is 0.132 e. The minimum atomic E-state index is -1.20. The fourth-order valence-electron chi connectivity index (χ4n) is 3.63. The molecule has 0 aromatic heterocycles. The molecule has 116 valence electrons. The summed E-state index contributed by atoms with van der Waals surface area (Å²) in [5.74, 6) is 0.0381. The van der Waals surface area contributed by atoms with Crippen LogP contribution in [0.1, 0.15) is 44.6 Å². The predicted molar refractivity (Wildman–Crippen MR) is 80.3 cm³/mol. The molecular weight excluding hydrogens is 291 g/mol. The average Bonchev–Trinajstić information content (AvgIpc) is 2.41. The summed E-state index contributed by atoms with van der Waals surface area (Å²) in [4.78, 5) is 0. The summed E-state index contributed by atoms with van der Waals surface area (Å²) in [6.45, 7) is 2.32. The van der Waals surface area contributed by atoms with Crippen LogP contribution in [-0.2, 0) is 16.4 Å². The molecule has 21 heavy (non-hydrogen) atoms. The van der Waals surface area contributed by atoms with Gasteiger partial charge in [-0.05, 0) is 44.7 Å². The van der Waals surface area contributed by atoms with Gasteiger partial charge in [0.15, 0.2) is 0 Å². The van der Waals surface area contributed by atoms with Crippen molar-refractivity contribution in [1.82, 2.24) is 0 Å². The van der Waals surface area contributed by atoms with Crippen molar-refractivity contribution in [2.75, 3.05) is 6.61 Å². The summed E-state index contributed by atoms with van der Waals surface area (Å²) < 4.78 is 31.9. The quantitative estimate of drug-likeness (QED) is 0.933. The first-order valence-electron chi connectivity index (χ1n) is 7.58. The number of aliphatic hydroxyl groups is 1. The molecule has 2 aliphatic rings. The number of rotatable bonds is 3. The van der Waals surface area contributed by atoms with E-state index >= 15 is 0 Å². The van der Waals surface area contributed by atoms with Crippen molar-refractivity contribution in [2.24, 2.45) is 0 Å². The first-order valence-corrected chi connectivity index (χ1v) is 8.85. The van der Waals surface area contributed by atoms with E-state index in [1.54, 1.807) is 12.1 Å². The van der Waals surface area contributed by atoms with Crippen LogP contribution >= 0.6 is 0 Å². The van der Waals surface area contributed by atoms with E-state index in [0.717, 1.165) is 19.3 Å². The van der Waals surface area contributed by atoms with Crippen LogP contribution in [0.25, 0.3) is 0 Å². The van der Waals surface area contributed by atoms with Crippen molar-refractivity contribution < 1.29 is 18.4 Å². The largest absolute Gasteiger partial charge is 0.494 e. The van der Waals surface area contributed by atoms with Gasteiger partial charge in [0.1, 0.15) is 11.6 Å². The Bertz CT molecular complexity index is 544. The highest BCUT2D eigenvalue weighted by molar-refractivity contribution is 7.86. The fraction of sp³-hybridized carbons (Fsp3) is 0.625. The summed E-state index contributed by atoms with van der Waals surface area (Å²) in [7, 11) is -0.878. The molecule has 2 aliphatic heterocycles. The minimum absolute atomic E-state index is 0.00605. The topological polar surface area (TPSA) is 46.5 Å². The third kappa shape index (κ3) is 2.73. The van der Waals surface area contributed by atoms with Crippen LogP contribution in [-0.4, -0.2) is 26.4 Å². The van der Waals surface area contributed by atoms with Gasteiger partial charge in [-0.15, -0.1) is 0 Å². The second kappa shape index (κ2) is 5.69. The number of hydrogen-bond acceptors (Lipinski definition) is 3. The Morgan fingerprint density at radius 1 is 1.38 bits per heavy atom. The van der Waals surface area contributed by atoms with Gasteiger partial charge in [0.05, 0.1) is 12.2 Å². The molecule has 0 spiro atoms. The van der Waals surface area contributed by atoms with E-state index in [1.807, 2.05) is 6.92 Å². The van der Waals surface area contributed by atoms with Crippen molar-refractivity contribution >= 4 is 10.8 Å². The summed E-state index contributed by atoms with van der Waals surface area (Å²) in [6.07, 6.45) is 3.57. The van der Waals surface area contributed by atoms with Crippen molar-refractivity contribution in [1.29, 1.82) is 0 Å². The highest BCUT2D eigenvalue weighted by Gasteiger charge is 2.47. The Hall–Kier alpha value is -0.940. The van der Waals surface area contributed by atoms with Crippen molar-refractivity contribution in [3.8, 4) is 5.75 Å². The molecule has 2 bridgehead atoms. The van der Waals surface area contributed by atoms with Gasteiger partial charge < -0.3 is 9.84 Å². The predicted octanol–water partition coefficient (Wildman–Crippen LogP) is 2.88. The Labute approximate surface area is 127 Å². The second-order valence-corrected chi connectivity index (χ2v) is 8.01. The van der Waals surface area contributed by atoms with E-state index in [4.69, 9.17) is 4.74 Å². The van der Waals surface area contributed by atoms with Gasteiger partial charge in [-0.3, -0.25) is 4.21 Å². The zero-order chi connectivity index (χ0) is 15.0. The summed E-state index contributed by atoms with van der Waals surface area (Å²) in [5, 5.41) is 10.9. The Morgan fingerprint density at radius 3 is 2.62 bits per heavy atom. The lowest BCUT2D eigenvalue weighted by Crippen LogP contribution is -2.47. The molecule has 2 heterocycles. The Balaban J connectivity index is 1.90. The molecule has 2 unspecified atom stereocenters. The highest BCUT2D eigenvalue weighted by Crippen LogP contribution is 2.45. The van der Waals surface area contributed by atoms with Crippen LogP contribution in [0.15, 0.2) is 18.2 Å². The number of ether oxygens (including phenoxy) is 1. The standard InChI is InChI=1S/C16H21FO3S/c1-2-20-11-6-7-14(15(17)8-11)16(18)9-12-4-3-5-13(10-16)21(12)19/h6-8,12-13,18H,2-5,9-10H2,1H3. The van der Waals surface area contributed by atoms with Gasteiger partial charge in [0.25, 0.3) is 0 Å². The zero-order valence-electron chi connectivity index (χ0n) is 12.2. The third-order valence-electron chi connectivity index (χ3n) is 4.59. The zero-order valence-corrected chi connectivity index (χ0v) is 13.0. The van der Waals surface area contributed by atoms with Crippen LogP contribution < -0.4 is 4.74 Å². The van der Waals surface area contributed by atoms with Crippen LogP contribution in [0.5, 0.6) is 5.75 Å². The van der Waals surface area contributed by atoms with Crippen molar-refractivity contribution in [3.05, 3.63) is 29.6 Å². The van der Waals surface area contributed by atoms with E-state index in [-0.39, 0.29) is 10.5 Å². The van der Waals surface area contributed by atoms with Crippen LogP contribution in [0.3, 0.4) is 0 Å². The number of hydrogen-bond donors (Lipinski definition) is 1. The van der Waals surface area contributed by atoms with Crippen molar-refractivity contribution in [2.45, 2.75) is 55.1 Å². The maximum absolute atomic E-state index is 14.4. The van der Waals surface area contributed by atoms with E-state index in [1.165, 1.54) is 6.07 Å². The normalized spacial score (nSPS) is 35.5. The highest BCUT2D eigenvalue weighted by atomic mass is 32.2. The maximum Gasteiger partial charge on any atom is 0.132 e. The monoisotopic (exact) mass is 312 g/mol. The minimum Gasteiger partial charge on any atom is -0.494 e. The summed E-state index contributed by atoms with van der Waals surface area (Å²) in [5.41, 5.74) is -0.877. The van der Waals surface area contributed by atoms with Gasteiger partial charge in [-0.25, -0.2) is 4.39 Å². The third-order valence-corrected chi connectivity index (χ3v) is 6.71. The SMILES string of the molecule is CCOc1ccc(C2(O)CC3CCCC(C2)S3=O)c(F)c1. The van der Waals surface area contributed by atoms with E-state index < -0.39 is 22.2 Å². The van der Waals surface area contributed by atoms with Gasteiger partial charge in [-0.1, -0.05) is 6.42 Å². The molecule has 2 fully saturated rings. The van der Waals surface area contributed by atoms with E-state index in [9.17, 15) is 13.7 Å². The molecule has 0 amide bonds. The van der Waals surface area contributed by atoms with Crippen LogP contribution in [0, 0.1) is 5.82 Å².